The van der Waals surface area contributed by atoms with Crippen molar-refractivity contribution >= 4 is 5.91 Å². The van der Waals surface area contributed by atoms with Crippen LogP contribution in [0.5, 0.6) is 0 Å². The number of halogens is 6. The molecule has 174 valence electrons. The molecule has 3 aromatic rings. The van der Waals surface area contributed by atoms with Crippen molar-refractivity contribution < 1.29 is 31.1 Å². The van der Waals surface area contributed by atoms with E-state index in [0.717, 1.165) is 22.5 Å². The molecule has 1 amide bonds. The van der Waals surface area contributed by atoms with Gasteiger partial charge in [-0.1, -0.05) is 0 Å². The summed E-state index contributed by atoms with van der Waals surface area (Å²) in [6, 6.07) is 4.01. The molecule has 3 aromatic heterocycles. The van der Waals surface area contributed by atoms with E-state index in [0.29, 0.717) is 30.9 Å². The summed E-state index contributed by atoms with van der Waals surface area (Å²) in [7, 11) is 1.24. The van der Waals surface area contributed by atoms with Gasteiger partial charge < -0.3 is 5.32 Å². The zero-order valence-electron chi connectivity index (χ0n) is 17.1. The van der Waals surface area contributed by atoms with Crippen LogP contribution in [-0.2, 0) is 25.8 Å². The van der Waals surface area contributed by atoms with E-state index in [2.05, 4.69) is 20.4 Å². The largest absolute Gasteiger partial charge is 0.435 e. The quantitative estimate of drug-likeness (QED) is 0.564. The normalized spacial score (nSPS) is 16.4. The zero-order valence-corrected chi connectivity index (χ0v) is 17.1. The van der Waals surface area contributed by atoms with Crippen LogP contribution in [-0.4, -0.2) is 25.7 Å². The zero-order chi connectivity index (χ0) is 24.0. The van der Waals surface area contributed by atoms with Gasteiger partial charge in [0.15, 0.2) is 5.69 Å². The molecule has 0 unspecified atom stereocenters. The minimum absolute atomic E-state index is 0.206. The van der Waals surface area contributed by atoms with Crippen molar-refractivity contribution in [1.29, 1.82) is 0 Å². The van der Waals surface area contributed by atoms with E-state index in [1.807, 2.05) is 0 Å². The van der Waals surface area contributed by atoms with Gasteiger partial charge in [0.1, 0.15) is 11.4 Å². The standard InChI is InChI=1S/C21H17F6N5O/c1-32-16(9-18(31-32)21(25,26)27)19(33)30-14-4-2-3-12-10-29-15(8-13(12)14)11-5-6-28-17(7-11)20(22,23)24/h5-10,14H,2-4H2,1H3,(H,30,33)/t14-/m1/s1. The predicted molar refractivity (Wildman–Crippen MR) is 104 cm³/mol. The van der Waals surface area contributed by atoms with Gasteiger partial charge in [0.2, 0.25) is 0 Å². The van der Waals surface area contributed by atoms with Gasteiger partial charge in [0.05, 0.1) is 11.7 Å². The fourth-order valence-corrected chi connectivity index (χ4v) is 3.79. The summed E-state index contributed by atoms with van der Waals surface area (Å²) in [5.74, 6) is -0.736. The Hall–Kier alpha value is -3.44. The van der Waals surface area contributed by atoms with Crippen molar-refractivity contribution in [3.05, 3.63) is 64.9 Å². The molecule has 1 aliphatic carbocycles. The van der Waals surface area contributed by atoms with Gasteiger partial charge in [0, 0.05) is 31.1 Å². The molecule has 4 rings (SSSR count). The molecule has 0 aliphatic heterocycles. The lowest BCUT2D eigenvalue weighted by molar-refractivity contribution is -0.142. The highest BCUT2D eigenvalue weighted by molar-refractivity contribution is 5.93. The second kappa shape index (κ2) is 8.16. The fraction of sp³-hybridized carbons (Fsp3) is 0.333. The first-order chi connectivity index (χ1) is 15.4. The minimum atomic E-state index is -4.69. The van der Waals surface area contributed by atoms with Crippen LogP contribution in [0.1, 0.15) is 51.9 Å². The number of aromatic nitrogens is 4. The van der Waals surface area contributed by atoms with Crippen LogP contribution in [0.2, 0.25) is 0 Å². The molecule has 1 atom stereocenters. The summed E-state index contributed by atoms with van der Waals surface area (Å²) in [6.07, 6.45) is -4.85. The number of pyridine rings is 2. The first-order valence-corrected chi connectivity index (χ1v) is 9.88. The number of fused-ring (bicyclic) bond motifs is 1. The van der Waals surface area contributed by atoms with E-state index < -0.39 is 35.7 Å². The molecule has 1 aliphatic rings. The molecule has 0 saturated carbocycles. The molecular weight excluding hydrogens is 452 g/mol. The highest BCUT2D eigenvalue weighted by atomic mass is 19.4. The van der Waals surface area contributed by atoms with Gasteiger partial charge in [-0.3, -0.25) is 19.4 Å². The number of carbonyl (C=O) groups is 1. The number of amides is 1. The van der Waals surface area contributed by atoms with Gasteiger partial charge in [-0.2, -0.15) is 31.4 Å². The van der Waals surface area contributed by atoms with Crippen molar-refractivity contribution in [2.45, 2.75) is 37.7 Å². The Labute approximate surface area is 183 Å². The van der Waals surface area contributed by atoms with Gasteiger partial charge in [-0.15, -0.1) is 0 Å². The number of alkyl halides is 6. The Morgan fingerprint density at radius 1 is 1.06 bits per heavy atom. The van der Waals surface area contributed by atoms with Gasteiger partial charge in [0.25, 0.3) is 5.91 Å². The third kappa shape index (κ3) is 4.69. The van der Waals surface area contributed by atoms with E-state index >= 15 is 0 Å². The molecule has 0 fully saturated rings. The summed E-state index contributed by atoms with van der Waals surface area (Å²) < 4.78 is 78.7. The first kappa shape index (κ1) is 22.7. The van der Waals surface area contributed by atoms with Crippen molar-refractivity contribution in [3.8, 4) is 11.3 Å². The molecule has 3 heterocycles. The lowest BCUT2D eigenvalue weighted by atomic mass is 9.88. The Morgan fingerprint density at radius 2 is 1.79 bits per heavy atom. The molecule has 0 aromatic carbocycles. The molecular formula is C21H17F6N5O. The van der Waals surface area contributed by atoms with Crippen LogP contribution in [0.15, 0.2) is 36.7 Å². The molecule has 0 spiro atoms. The molecule has 12 heteroatoms. The van der Waals surface area contributed by atoms with Crippen LogP contribution < -0.4 is 5.32 Å². The molecule has 1 N–H and O–H groups in total. The minimum Gasteiger partial charge on any atom is -0.344 e. The van der Waals surface area contributed by atoms with Crippen molar-refractivity contribution in [3.63, 3.8) is 0 Å². The predicted octanol–water partition coefficient (Wildman–Crippen LogP) is 4.72. The maximum absolute atomic E-state index is 13.0. The van der Waals surface area contributed by atoms with Gasteiger partial charge in [-0.05, 0) is 48.6 Å². The summed E-state index contributed by atoms with van der Waals surface area (Å²) in [6.45, 7) is 0. The highest BCUT2D eigenvalue weighted by Crippen LogP contribution is 2.34. The number of carbonyl (C=O) groups excluding carboxylic acids is 1. The van der Waals surface area contributed by atoms with Gasteiger partial charge in [-0.25, -0.2) is 0 Å². The van der Waals surface area contributed by atoms with Gasteiger partial charge >= 0.3 is 12.4 Å². The van der Waals surface area contributed by atoms with E-state index in [-0.39, 0.29) is 17.0 Å². The number of aryl methyl sites for hydroxylation is 2. The number of rotatable bonds is 3. The maximum atomic E-state index is 13.0. The van der Waals surface area contributed by atoms with Crippen molar-refractivity contribution in [1.82, 2.24) is 25.1 Å². The molecule has 6 nitrogen and oxygen atoms in total. The van der Waals surface area contributed by atoms with Crippen LogP contribution >= 0.6 is 0 Å². The topological polar surface area (TPSA) is 72.7 Å². The lowest BCUT2D eigenvalue weighted by Crippen LogP contribution is -2.32. The average Bonchev–Trinajstić information content (AvgIpc) is 3.15. The van der Waals surface area contributed by atoms with E-state index in [1.165, 1.54) is 13.1 Å². The molecule has 0 radical (unpaired) electrons. The average molecular weight is 469 g/mol. The maximum Gasteiger partial charge on any atom is 0.435 e. The van der Waals surface area contributed by atoms with Crippen molar-refractivity contribution in [2.75, 3.05) is 0 Å². The third-order valence-electron chi connectivity index (χ3n) is 5.39. The highest BCUT2D eigenvalue weighted by Gasteiger charge is 2.36. The number of hydrogen-bond donors (Lipinski definition) is 1. The Balaban J connectivity index is 1.63. The summed E-state index contributed by atoms with van der Waals surface area (Å²) in [4.78, 5) is 20.3. The third-order valence-corrected chi connectivity index (χ3v) is 5.39. The molecule has 33 heavy (non-hydrogen) atoms. The van der Waals surface area contributed by atoms with Crippen LogP contribution in [0.25, 0.3) is 11.3 Å². The summed E-state index contributed by atoms with van der Waals surface area (Å²) >= 11 is 0. The number of nitrogens with zero attached hydrogens (tertiary/aromatic N) is 4. The van der Waals surface area contributed by atoms with Crippen LogP contribution in [0.3, 0.4) is 0 Å². The molecule has 0 saturated heterocycles. The number of nitrogens with one attached hydrogen (secondary N) is 1. The summed E-state index contributed by atoms with van der Waals surface area (Å²) in [5, 5.41) is 6.07. The SMILES string of the molecule is Cn1nc(C(F)(F)F)cc1C(=O)N[C@@H]1CCCc2cnc(-c3ccnc(C(F)(F)F)c3)cc21. The van der Waals surface area contributed by atoms with E-state index in [9.17, 15) is 31.1 Å². The summed E-state index contributed by atoms with van der Waals surface area (Å²) in [5.41, 5.74) is -0.554. The Bertz CT molecular complexity index is 1200. The smallest absolute Gasteiger partial charge is 0.344 e. The van der Waals surface area contributed by atoms with Crippen molar-refractivity contribution in [2.24, 2.45) is 7.05 Å². The second-order valence-corrected chi connectivity index (χ2v) is 7.65. The van der Waals surface area contributed by atoms with E-state index in [1.54, 1.807) is 12.3 Å². The monoisotopic (exact) mass is 469 g/mol. The number of hydrogen-bond acceptors (Lipinski definition) is 4. The molecule has 0 bridgehead atoms. The Kier molecular flexibility index (Phi) is 5.62. The second-order valence-electron chi connectivity index (χ2n) is 7.65. The van der Waals surface area contributed by atoms with Crippen LogP contribution in [0.4, 0.5) is 26.3 Å². The fourth-order valence-electron chi connectivity index (χ4n) is 3.79. The van der Waals surface area contributed by atoms with Crippen LogP contribution in [0, 0.1) is 0 Å². The first-order valence-electron chi connectivity index (χ1n) is 9.88. The Morgan fingerprint density at radius 3 is 2.45 bits per heavy atom. The lowest BCUT2D eigenvalue weighted by Gasteiger charge is -2.26. The van der Waals surface area contributed by atoms with E-state index in [4.69, 9.17) is 0 Å².